The molecule has 2 unspecified atom stereocenters. The summed E-state index contributed by atoms with van der Waals surface area (Å²) in [6.07, 6.45) is 8.89. The number of hydrogen-bond acceptors (Lipinski definition) is 3. The van der Waals surface area contributed by atoms with Crippen LogP contribution in [0.2, 0.25) is 0 Å². The Morgan fingerprint density at radius 3 is 2.47 bits per heavy atom. The van der Waals surface area contributed by atoms with Gasteiger partial charge >= 0.3 is 0 Å². The maximum absolute atomic E-state index is 11.6. The lowest BCUT2D eigenvalue weighted by Gasteiger charge is -2.45. The molecule has 0 radical (unpaired) electrons. The third-order valence-electron chi connectivity index (χ3n) is 4.05. The van der Waals surface area contributed by atoms with E-state index in [0.29, 0.717) is 17.9 Å². The number of aromatic nitrogens is 1. The van der Waals surface area contributed by atoms with E-state index >= 15 is 0 Å². The van der Waals surface area contributed by atoms with Crippen molar-refractivity contribution >= 4 is 5.78 Å². The van der Waals surface area contributed by atoms with Crippen molar-refractivity contribution in [2.75, 3.05) is 0 Å². The van der Waals surface area contributed by atoms with Crippen LogP contribution in [0.25, 0.3) is 0 Å². The largest absolute Gasteiger partial charge is 0.300 e. The smallest absolute Gasteiger partial charge is 0.136 e. The van der Waals surface area contributed by atoms with Crippen molar-refractivity contribution in [1.29, 1.82) is 0 Å². The first kappa shape index (κ1) is 10.9. The zero-order valence-corrected chi connectivity index (χ0v) is 10.0. The van der Waals surface area contributed by atoms with Crippen molar-refractivity contribution < 1.29 is 4.79 Å². The molecule has 1 aromatic rings. The van der Waals surface area contributed by atoms with Crippen molar-refractivity contribution in [2.45, 2.75) is 50.7 Å². The second kappa shape index (κ2) is 4.57. The van der Waals surface area contributed by atoms with Gasteiger partial charge in [0.05, 0.1) is 0 Å². The highest BCUT2D eigenvalue weighted by Gasteiger charge is 2.37. The fourth-order valence-electron chi connectivity index (χ4n) is 3.22. The third kappa shape index (κ3) is 2.25. The molecule has 3 heterocycles. The Kier molecular flexibility index (Phi) is 2.93. The van der Waals surface area contributed by atoms with E-state index in [1.807, 2.05) is 12.4 Å². The molecule has 1 aromatic heterocycles. The van der Waals surface area contributed by atoms with Crippen molar-refractivity contribution in [1.82, 2.24) is 9.88 Å². The summed E-state index contributed by atoms with van der Waals surface area (Å²) in [5, 5.41) is 0. The molecule has 0 amide bonds. The van der Waals surface area contributed by atoms with Gasteiger partial charge in [0.25, 0.3) is 0 Å². The highest BCUT2D eigenvalue weighted by molar-refractivity contribution is 5.80. The van der Waals surface area contributed by atoms with E-state index in [1.165, 1.54) is 24.8 Å². The number of hydrogen-bond donors (Lipinski definition) is 0. The SMILES string of the molecule is O=C1CC2CCCC(C1)N2Cc1ccncc1. The molecular weight excluding hydrogens is 212 g/mol. The molecule has 90 valence electrons. The molecule has 17 heavy (non-hydrogen) atoms. The van der Waals surface area contributed by atoms with Crippen LogP contribution >= 0.6 is 0 Å². The van der Waals surface area contributed by atoms with E-state index in [1.54, 1.807) is 0 Å². The van der Waals surface area contributed by atoms with Gasteiger partial charge in [0, 0.05) is 43.9 Å². The maximum Gasteiger partial charge on any atom is 0.136 e. The van der Waals surface area contributed by atoms with Gasteiger partial charge in [0.2, 0.25) is 0 Å². The number of piperidine rings is 2. The lowest BCUT2D eigenvalue weighted by atomic mass is 9.83. The third-order valence-corrected chi connectivity index (χ3v) is 4.05. The molecule has 0 aliphatic carbocycles. The van der Waals surface area contributed by atoms with E-state index < -0.39 is 0 Å². The number of rotatable bonds is 2. The summed E-state index contributed by atoms with van der Waals surface area (Å²) in [6.45, 7) is 0.977. The van der Waals surface area contributed by atoms with Gasteiger partial charge in [-0.1, -0.05) is 6.42 Å². The second-order valence-corrected chi connectivity index (χ2v) is 5.21. The van der Waals surface area contributed by atoms with Crippen molar-refractivity contribution in [2.24, 2.45) is 0 Å². The van der Waals surface area contributed by atoms with Crippen LogP contribution in [-0.4, -0.2) is 27.8 Å². The summed E-state index contributed by atoms with van der Waals surface area (Å²) < 4.78 is 0. The Morgan fingerprint density at radius 1 is 1.18 bits per heavy atom. The fourth-order valence-corrected chi connectivity index (χ4v) is 3.22. The molecule has 0 saturated carbocycles. The van der Waals surface area contributed by atoms with Gasteiger partial charge in [-0.3, -0.25) is 14.7 Å². The first-order valence-electron chi connectivity index (χ1n) is 6.49. The number of carbonyl (C=O) groups excluding carboxylic acids is 1. The molecule has 0 spiro atoms. The van der Waals surface area contributed by atoms with Gasteiger partial charge in [-0.15, -0.1) is 0 Å². The Labute approximate surface area is 102 Å². The molecular formula is C14H18N2O. The summed E-state index contributed by atoms with van der Waals surface area (Å²) in [7, 11) is 0. The number of pyridine rings is 1. The topological polar surface area (TPSA) is 33.2 Å². The molecule has 3 rings (SSSR count). The van der Waals surface area contributed by atoms with Crippen LogP contribution in [0.5, 0.6) is 0 Å². The molecule has 2 bridgehead atoms. The molecule has 2 aliphatic heterocycles. The van der Waals surface area contributed by atoms with Gasteiger partial charge in [-0.05, 0) is 30.5 Å². The fraction of sp³-hybridized carbons (Fsp3) is 0.571. The summed E-state index contributed by atoms with van der Waals surface area (Å²) >= 11 is 0. The minimum absolute atomic E-state index is 0.464. The molecule has 2 atom stereocenters. The highest BCUT2D eigenvalue weighted by atomic mass is 16.1. The Hall–Kier alpha value is -1.22. The number of carbonyl (C=O) groups is 1. The predicted molar refractivity (Wildman–Crippen MR) is 65.4 cm³/mol. The molecule has 2 saturated heterocycles. The molecule has 3 heteroatoms. The summed E-state index contributed by atoms with van der Waals surface area (Å²) in [5.41, 5.74) is 1.31. The van der Waals surface area contributed by atoms with Gasteiger partial charge in [0.15, 0.2) is 0 Å². The Balaban J connectivity index is 1.76. The number of nitrogens with zero attached hydrogens (tertiary/aromatic N) is 2. The van der Waals surface area contributed by atoms with Crippen LogP contribution < -0.4 is 0 Å². The first-order valence-corrected chi connectivity index (χ1v) is 6.49. The summed E-state index contributed by atoms with van der Waals surface area (Å²) in [4.78, 5) is 18.2. The van der Waals surface area contributed by atoms with Gasteiger partial charge in [0.1, 0.15) is 5.78 Å². The number of ketones is 1. The zero-order valence-electron chi connectivity index (χ0n) is 10.0. The normalized spacial score (nSPS) is 29.3. The molecule has 3 nitrogen and oxygen atoms in total. The van der Waals surface area contributed by atoms with Crippen LogP contribution in [-0.2, 0) is 11.3 Å². The Bertz CT molecular complexity index is 388. The molecule has 0 aromatic carbocycles. The second-order valence-electron chi connectivity index (χ2n) is 5.21. The molecule has 2 fully saturated rings. The summed E-state index contributed by atoms with van der Waals surface area (Å²) in [6, 6.07) is 5.13. The highest BCUT2D eigenvalue weighted by Crippen LogP contribution is 2.33. The average Bonchev–Trinajstić information content (AvgIpc) is 2.32. The molecule has 2 aliphatic rings. The van der Waals surface area contributed by atoms with Gasteiger partial charge in [-0.25, -0.2) is 0 Å². The number of Topliss-reactive ketones (excluding diaryl/α,β-unsaturated/α-hetero) is 1. The first-order chi connectivity index (χ1) is 8.33. The standard InChI is InChI=1S/C14H18N2O/c17-14-8-12-2-1-3-13(9-14)16(12)10-11-4-6-15-7-5-11/h4-7,12-13H,1-3,8-10H2. The molecule has 0 N–H and O–H groups in total. The van der Waals surface area contributed by atoms with E-state index in [4.69, 9.17) is 0 Å². The zero-order chi connectivity index (χ0) is 11.7. The number of fused-ring (bicyclic) bond motifs is 2. The van der Waals surface area contributed by atoms with Crippen LogP contribution in [0.15, 0.2) is 24.5 Å². The minimum Gasteiger partial charge on any atom is -0.300 e. The van der Waals surface area contributed by atoms with E-state index in [2.05, 4.69) is 22.0 Å². The predicted octanol–water partition coefficient (Wildman–Crippen LogP) is 2.17. The van der Waals surface area contributed by atoms with Crippen LogP contribution in [0, 0.1) is 0 Å². The quantitative estimate of drug-likeness (QED) is 0.780. The van der Waals surface area contributed by atoms with Gasteiger partial charge < -0.3 is 0 Å². The van der Waals surface area contributed by atoms with Crippen LogP contribution in [0.3, 0.4) is 0 Å². The van der Waals surface area contributed by atoms with Crippen molar-refractivity contribution in [3.63, 3.8) is 0 Å². The van der Waals surface area contributed by atoms with E-state index in [0.717, 1.165) is 19.4 Å². The monoisotopic (exact) mass is 230 g/mol. The van der Waals surface area contributed by atoms with Crippen LogP contribution in [0.4, 0.5) is 0 Å². The maximum atomic E-state index is 11.6. The Morgan fingerprint density at radius 2 is 1.82 bits per heavy atom. The van der Waals surface area contributed by atoms with Crippen LogP contribution in [0.1, 0.15) is 37.7 Å². The van der Waals surface area contributed by atoms with E-state index in [-0.39, 0.29) is 0 Å². The lowest BCUT2D eigenvalue weighted by Crippen LogP contribution is -2.51. The van der Waals surface area contributed by atoms with Crippen molar-refractivity contribution in [3.8, 4) is 0 Å². The minimum atomic E-state index is 0.464. The summed E-state index contributed by atoms with van der Waals surface area (Å²) in [5.74, 6) is 0.464. The lowest BCUT2D eigenvalue weighted by molar-refractivity contribution is -0.127. The average molecular weight is 230 g/mol. The van der Waals surface area contributed by atoms with E-state index in [9.17, 15) is 4.79 Å². The van der Waals surface area contributed by atoms with Crippen molar-refractivity contribution in [3.05, 3.63) is 30.1 Å². The van der Waals surface area contributed by atoms with Gasteiger partial charge in [-0.2, -0.15) is 0 Å².